The Labute approximate surface area is 342 Å². The van der Waals surface area contributed by atoms with Crippen LogP contribution in [-0.4, -0.2) is 4.57 Å². The van der Waals surface area contributed by atoms with Crippen LogP contribution in [0.2, 0.25) is 0 Å². The predicted octanol–water partition coefficient (Wildman–Crippen LogP) is 15.6. The van der Waals surface area contributed by atoms with Crippen LogP contribution in [0.1, 0.15) is 5.56 Å². The Balaban J connectivity index is 1.07. The summed E-state index contributed by atoms with van der Waals surface area (Å²) in [4.78, 5) is 2.30. The van der Waals surface area contributed by atoms with Gasteiger partial charge in [-0.05, 0) is 111 Å². The van der Waals surface area contributed by atoms with Crippen LogP contribution in [0, 0.1) is 0 Å². The molecule has 3 heteroatoms. The number of hydrogen-bond acceptors (Lipinski definition) is 2. The number of furan rings is 1. The van der Waals surface area contributed by atoms with E-state index in [2.05, 4.69) is 229 Å². The lowest BCUT2D eigenvalue weighted by atomic mass is 9.97. The Bertz CT molecular complexity index is 3410. The molecule has 3 nitrogen and oxygen atoms in total. The molecule has 0 aliphatic carbocycles. The van der Waals surface area contributed by atoms with Crippen LogP contribution in [0.25, 0.3) is 87.7 Å². The van der Waals surface area contributed by atoms with Crippen molar-refractivity contribution >= 4 is 82.2 Å². The molecule has 59 heavy (non-hydrogen) atoms. The van der Waals surface area contributed by atoms with Crippen LogP contribution < -0.4 is 4.90 Å². The summed E-state index contributed by atoms with van der Waals surface area (Å²) in [5.41, 5.74) is 11.8. The van der Waals surface area contributed by atoms with Crippen molar-refractivity contribution in [2.45, 2.75) is 0 Å². The lowest BCUT2D eigenvalue weighted by Gasteiger charge is -2.25. The van der Waals surface area contributed by atoms with Gasteiger partial charge in [-0.2, -0.15) is 0 Å². The molecule has 0 fully saturated rings. The highest BCUT2D eigenvalue weighted by Crippen LogP contribution is 2.41. The van der Waals surface area contributed by atoms with Crippen molar-refractivity contribution in [3.63, 3.8) is 0 Å². The summed E-state index contributed by atoms with van der Waals surface area (Å²) in [7, 11) is 0. The molecule has 278 valence electrons. The van der Waals surface area contributed by atoms with Crippen molar-refractivity contribution in [1.29, 1.82) is 0 Å². The first-order valence-corrected chi connectivity index (χ1v) is 20.0. The van der Waals surface area contributed by atoms with Crippen LogP contribution in [0.3, 0.4) is 0 Å². The molecule has 0 saturated carbocycles. The van der Waals surface area contributed by atoms with E-state index < -0.39 is 0 Å². The standard InChI is InChI=1S/C56H38N2O/c1-2-14-38(46-23-13-18-39-15-5-6-19-45(39)46)33-34-57(43-28-30-44(31-29-43)58-53-25-11-8-21-48(53)49-22-9-12-26-54(49)58)52-24-10-7-20-47(52)42-27-32-55-50(36-42)51-35-40-16-3-4-17-41(40)37-56(51)59-55/h2-37H,1H2/b34-33+,38-14+. The van der Waals surface area contributed by atoms with E-state index >= 15 is 0 Å². The third-order valence-electron chi connectivity index (χ3n) is 11.6. The smallest absolute Gasteiger partial charge is 0.136 e. The number of para-hydroxylation sites is 3. The molecule has 0 amide bonds. The minimum Gasteiger partial charge on any atom is -0.456 e. The molecule has 2 heterocycles. The van der Waals surface area contributed by atoms with Crippen molar-refractivity contribution in [2.75, 3.05) is 4.90 Å². The lowest BCUT2D eigenvalue weighted by Crippen LogP contribution is -2.10. The average molecular weight is 755 g/mol. The Morgan fingerprint density at radius 3 is 1.90 bits per heavy atom. The highest BCUT2D eigenvalue weighted by Gasteiger charge is 2.17. The van der Waals surface area contributed by atoms with Crippen molar-refractivity contribution in [3.05, 3.63) is 231 Å². The number of hydrogen-bond donors (Lipinski definition) is 0. The summed E-state index contributed by atoms with van der Waals surface area (Å²) in [6, 6.07) is 69.3. The van der Waals surface area contributed by atoms with Crippen LogP contribution in [0.5, 0.6) is 0 Å². The molecular weight excluding hydrogens is 717 g/mol. The molecule has 11 rings (SSSR count). The number of aromatic nitrogens is 1. The van der Waals surface area contributed by atoms with Crippen LogP contribution >= 0.6 is 0 Å². The minimum atomic E-state index is 0.878. The van der Waals surface area contributed by atoms with Gasteiger partial charge in [0.1, 0.15) is 11.2 Å². The van der Waals surface area contributed by atoms with Crippen molar-refractivity contribution < 1.29 is 4.42 Å². The number of fused-ring (bicyclic) bond motifs is 8. The van der Waals surface area contributed by atoms with Gasteiger partial charge in [0.25, 0.3) is 0 Å². The highest BCUT2D eigenvalue weighted by molar-refractivity contribution is 6.12. The van der Waals surface area contributed by atoms with Gasteiger partial charge in [-0.1, -0.05) is 146 Å². The third-order valence-corrected chi connectivity index (χ3v) is 11.6. The fourth-order valence-electron chi connectivity index (χ4n) is 8.82. The Morgan fingerprint density at radius 2 is 1.14 bits per heavy atom. The Hall–Kier alpha value is -7.88. The molecule has 0 bridgehead atoms. The Kier molecular flexibility index (Phi) is 8.30. The van der Waals surface area contributed by atoms with E-state index in [0.717, 1.165) is 61.3 Å². The number of anilines is 2. The zero-order chi connectivity index (χ0) is 39.3. The zero-order valence-electron chi connectivity index (χ0n) is 32.3. The van der Waals surface area contributed by atoms with E-state index in [0.29, 0.717) is 0 Å². The van der Waals surface area contributed by atoms with Crippen molar-refractivity contribution in [1.82, 2.24) is 4.57 Å². The van der Waals surface area contributed by atoms with E-state index in [1.54, 1.807) is 0 Å². The SMILES string of the molecule is C=C/C=C(\C=C\N(c1ccc(-n2c3ccccc3c3ccccc32)cc1)c1ccccc1-c1ccc2oc3cc4ccccc4cc3c2c1)c1cccc2ccccc12. The van der Waals surface area contributed by atoms with Crippen LogP contribution in [0.15, 0.2) is 230 Å². The van der Waals surface area contributed by atoms with Gasteiger partial charge in [-0.3, -0.25) is 0 Å². The second-order valence-corrected chi connectivity index (χ2v) is 15.0. The summed E-state index contributed by atoms with van der Waals surface area (Å²) in [5, 5.41) is 9.48. The van der Waals surface area contributed by atoms with Gasteiger partial charge in [0.2, 0.25) is 0 Å². The van der Waals surface area contributed by atoms with Crippen molar-refractivity contribution in [2.24, 2.45) is 0 Å². The van der Waals surface area contributed by atoms with Gasteiger partial charge >= 0.3 is 0 Å². The third kappa shape index (κ3) is 5.91. The van der Waals surface area contributed by atoms with Gasteiger partial charge in [-0.25, -0.2) is 0 Å². The lowest BCUT2D eigenvalue weighted by molar-refractivity contribution is 0.669. The maximum atomic E-state index is 6.42. The first-order valence-electron chi connectivity index (χ1n) is 20.0. The monoisotopic (exact) mass is 754 g/mol. The molecule has 0 spiro atoms. The molecule has 0 saturated heterocycles. The van der Waals surface area contributed by atoms with E-state index in [1.165, 1.54) is 43.4 Å². The van der Waals surface area contributed by atoms with E-state index in [1.807, 2.05) is 6.08 Å². The molecule has 11 aromatic rings. The van der Waals surface area contributed by atoms with Crippen molar-refractivity contribution in [3.8, 4) is 16.8 Å². The molecule has 0 atom stereocenters. The first-order chi connectivity index (χ1) is 29.2. The molecule has 9 aromatic carbocycles. The molecule has 0 N–H and O–H groups in total. The summed E-state index contributed by atoms with van der Waals surface area (Å²) < 4.78 is 8.78. The summed E-state index contributed by atoms with van der Waals surface area (Å²) >= 11 is 0. The molecule has 0 aliphatic heterocycles. The minimum absolute atomic E-state index is 0.878. The zero-order valence-corrected chi connectivity index (χ0v) is 32.3. The summed E-state index contributed by atoms with van der Waals surface area (Å²) in [6.45, 7) is 4.11. The molecule has 0 aliphatic rings. The normalized spacial score (nSPS) is 12.2. The van der Waals surface area contributed by atoms with Gasteiger partial charge < -0.3 is 13.9 Å². The number of allylic oxidation sites excluding steroid dienone is 4. The predicted molar refractivity (Wildman–Crippen MR) is 251 cm³/mol. The second kappa shape index (κ2) is 14.3. The van der Waals surface area contributed by atoms with Crippen LogP contribution in [-0.2, 0) is 0 Å². The fraction of sp³-hybridized carbons (Fsp3) is 0. The maximum Gasteiger partial charge on any atom is 0.136 e. The van der Waals surface area contributed by atoms with Gasteiger partial charge in [0, 0.05) is 44.7 Å². The van der Waals surface area contributed by atoms with E-state index in [9.17, 15) is 0 Å². The average Bonchev–Trinajstić information content (AvgIpc) is 3.83. The number of benzene rings is 9. The highest BCUT2D eigenvalue weighted by atomic mass is 16.3. The Morgan fingerprint density at radius 1 is 0.508 bits per heavy atom. The first kappa shape index (κ1) is 34.4. The van der Waals surface area contributed by atoms with Gasteiger partial charge in [0.05, 0.1) is 16.7 Å². The summed E-state index contributed by atoms with van der Waals surface area (Å²) in [5.74, 6) is 0. The van der Waals surface area contributed by atoms with Gasteiger partial charge in [-0.15, -0.1) is 0 Å². The number of rotatable bonds is 8. The molecule has 0 unspecified atom stereocenters. The largest absolute Gasteiger partial charge is 0.456 e. The van der Waals surface area contributed by atoms with E-state index in [-0.39, 0.29) is 0 Å². The molecule has 2 aromatic heterocycles. The quantitative estimate of drug-likeness (QED) is 0.144. The molecular formula is C56H38N2O. The number of nitrogens with zero attached hydrogens (tertiary/aromatic N) is 2. The topological polar surface area (TPSA) is 21.3 Å². The second-order valence-electron chi connectivity index (χ2n) is 15.0. The maximum absolute atomic E-state index is 6.42. The summed E-state index contributed by atoms with van der Waals surface area (Å²) in [6.07, 6.45) is 8.37. The molecule has 0 radical (unpaired) electrons. The van der Waals surface area contributed by atoms with E-state index in [4.69, 9.17) is 4.42 Å². The fourth-order valence-corrected chi connectivity index (χ4v) is 8.82. The van der Waals surface area contributed by atoms with Crippen LogP contribution in [0.4, 0.5) is 11.4 Å². The van der Waals surface area contributed by atoms with Gasteiger partial charge in [0.15, 0.2) is 0 Å².